The number of halogens is 2. The third-order valence-electron chi connectivity index (χ3n) is 7.18. The van der Waals surface area contributed by atoms with E-state index in [4.69, 9.17) is 23.2 Å². The molecule has 0 radical (unpaired) electrons. The van der Waals surface area contributed by atoms with E-state index in [1.54, 1.807) is 24.3 Å². The molecule has 1 saturated heterocycles. The molecule has 0 saturated carbocycles. The van der Waals surface area contributed by atoms with Gasteiger partial charge in [0.2, 0.25) is 0 Å². The van der Waals surface area contributed by atoms with Crippen molar-refractivity contribution in [3.05, 3.63) is 80.1 Å². The molecule has 0 aliphatic carbocycles. The van der Waals surface area contributed by atoms with Crippen LogP contribution in [-0.2, 0) is 20.4 Å². The molecule has 3 aromatic rings. The number of nitrogens with zero attached hydrogens (tertiary/aromatic N) is 2. The fourth-order valence-corrected chi connectivity index (χ4v) is 6.97. The smallest absolute Gasteiger partial charge is 0.256 e. The van der Waals surface area contributed by atoms with Crippen molar-refractivity contribution in [3.63, 3.8) is 0 Å². The van der Waals surface area contributed by atoms with Gasteiger partial charge >= 0.3 is 0 Å². The second-order valence-corrected chi connectivity index (χ2v) is 12.9. The molecule has 3 heterocycles. The third-order valence-corrected chi connectivity index (χ3v) is 9.30. The number of sulfone groups is 1. The van der Waals surface area contributed by atoms with Crippen LogP contribution in [0.25, 0.3) is 11.6 Å². The lowest BCUT2D eigenvalue weighted by molar-refractivity contribution is -0.110. The molecule has 2 aliphatic rings. The highest BCUT2D eigenvalue weighted by Gasteiger charge is 2.29. The van der Waals surface area contributed by atoms with E-state index in [1.807, 2.05) is 25.8 Å². The number of aryl methyl sites for hydroxylation is 1. The summed E-state index contributed by atoms with van der Waals surface area (Å²) in [5.41, 5.74) is 4.47. The Labute approximate surface area is 237 Å². The van der Waals surface area contributed by atoms with Gasteiger partial charge < -0.3 is 20.1 Å². The van der Waals surface area contributed by atoms with Crippen LogP contribution < -0.4 is 5.32 Å². The number of rotatable bonds is 5. The van der Waals surface area contributed by atoms with Crippen LogP contribution in [0, 0.1) is 13.8 Å². The molecule has 2 aliphatic heterocycles. The molecule has 11 heteroatoms. The van der Waals surface area contributed by atoms with Crippen LogP contribution in [0.5, 0.6) is 0 Å². The van der Waals surface area contributed by atoms with E-state index in [1.165, 1.54) is 18.2 Å². The lowest BCUT2D eigenvalue weighted by Crippen LogP contribution is -2.47. The number of fused-ring (bicyclic) bond motifs is 1. The summed E-state index contributed by atoms with van der Waals surface area (Å²) in [4.78, 5) is 33.6. The quantitative estimate of drug-likeness (QED) is 0.418. The Kier molecular flexibility index (Phi) is 7.37. The Balaban J connectivity index is 1.47. The zero-order chi connectivity index (χ0) is 28.1. The molecule has 0 bridgehead atoms. The summed E-state index contributed by atoms with van der Waals surface area (Å²) < 4.78 is 26.5. The van der Waals surface area contributed by atoms with Crippen molar-refractivity contribution >= 4 is 62.2 Å². The highest BCUT2D eigenvalue weighted by Crippen LogP contribution is 2.36. The monoisotopic (exact) mass is 586 g/mol. The Morgan fingerprint density at radius 3 is 2.36 bits per heavy atom. The Morgan fingerprint density at radius 1 is 1.03 bits per heavy atom. The number of aromatic amines is 1. The Bertz CT molecular complexity index is 1620. The zero-order valence-corrected chi connectivity index (χ0v) is 24.1. The molecule has 8 nitrogen and oxygen atoms in total. The molecule has 0 atom stereocenters. The maximum atomic E-state index is 13.3. The van der Waals surface area contributed by atoms with Crippen molar-refractivity contribution in [1.82, 2.24) is 14.8 Å². The van der Waals surface area contributed by atoms with Gasteiger partial charge in [-0.2, -0.15) is 0 Å². The van der Waals surface area contributed by atoms with Crippen molar-refractivity contribution in [2.24, 2.45) is 0 Å². The van der Waals surface area contributed by atoms with Crippen molar-refractivity contribution in [3.8, 4) is 0 Å². The highest BCUT2D eigenvalue weighted by molar-refractivity contribution is 7.90. The number of piperazine rings is 1. The minimum absolute atomic E-state index is 0.0372. The van der Waals surface area contributed by atoms with Gasteiger partial charge in [-0.15, -0.1) is 0 Å². The molecular formula is C28H28Cl2N4O4S. The number of hydrogen-bond donors (Lipinski definition) is 2. The minimum Gasteiger partial charge on any atom is -0.358 e. The van der Waals surface area contributed by atoms with E-state index in [9.17, 15) is 18.0 Å². The predicted molar refractivity (Wildman–Crippen MR) is 154 cm³/mol. The van der Waals surface area contributed by atoms with Gasteiger partial charge in [-0.25, -0.2) is 8.42 Å². The number of benzene rings is 2. The van der Waals surface area contributed by atoms with Gasteiger partial charge in [-0.3, -0.25) is 9.59 Å². The lowest BCUT2D eigenvalue weighted by atomic mass is 10.0. The predicted octanol–water partition coefficient (Wildman–Crippen LogP) is 4.79. The summed E-state index contributed by atoms with van der Waals surface area (Å²) in [6, 6.07) is 9.22. The summed E-state index contributed by atoms with van der Waals surface area (Å²) in [7, 11) is -1.73. The summed E-state index contributed by atoms with van der Waals surface area (Å²) in [5, 5.41) is 3.50. The van der Waals surface area contributed by atoms with Crippen LogP contribution in [0.2, 0.25) is 10.0 Å². The number of carbonyl (C=O) groups excluding carboxylic acids is 2. The molecule has 1 fully saturated rings. The van der Waals surface area contributed by atoms with Gasteiger partial charge in [0, 0.05) is 58.9 Å². The fraction of sp³-hybridized carbons (Fsp3) is 0.286. The first kappa shape index (κ1) is 27.5. The first-order valence-corrected chi connectivity index (χ1v) is 14.9. The summed E-state index contributed by atoms with van der Waals surface area (Å²) in [6.45, 7) is 6.64. The molecule has 2 aromatic carbocycles. The minimum atomic E-state index is -3.77. The molecule has 1 aromatic heterocycles. The van der Waals surface area contributed by atoms with Crippen LogP contribution in [0.3, 0.4) is 0 Å². The van der Waals surface area contributed by atoms with Crippen LogP contribution in [0.1, 0.15) is 38.4 Å². The number of H-pyrrole nitrogens is 1. The number of carbonyl (C=O) groups is 2. The molecule has 204 valence electrons. The van der Waals surface area contributed by atoms with Crippen molar-refractivity contribution in [1.29, 1.82) is 0 Å². The summed E-state index contributed by atoms with van der Waals surface area (Å²) >= 11 is 12.1. The Morgan fingerprint density at radius 2 is 1.69 bits per heavy atom. The number of amides is 2. The first-order chi connectivity index (χ1) is 18.4. The second-order valence-electron chi connectivity index (χ2n) is 10.0. The maximum Gasteiger partial charge on any atom is 0.256 e. The maximum absolute atomic E-state index is 13.3. The zero-order valence-electron chi connectivity index (χ0n) is 21.8. The third kappa shape index (κ3) is 5.49. The van der Waals surface area contributed by atoms with E-state index in [0.29, 0.717) is 56.8 Å². The topological polar surface area (TPSA) is 103 Å². The molecule has 2 amide bonds. The summed E-state index contributed by atoms with van der Waals surface area (Å²) in [6.07, 6.45) is 1.68. The van der Waals surface area contributed by atoms with Crippen LogP contribution in [0.4, 0.5) is 5.69 Å². The first-order valence-electron chi connectivity index (χ1n) is 12.4. The number of nitrogens with one attached hydrogen (secondary N) is 2. The standard InChI is InChI=1S/C28H28Cl2N4O4S/c1-16-25(31-17(2)26(16)28(36)34-8-6-33(3)7-9-34)14-23-22-13-21(4-5-24(22)32-27(23)35)39(37,38)15-18-10-19(29)12-20(30)11-18/h4-5,10-14,31H,6-9,15H2,1-3H3,(H,32,35). The van der Waals surface area contributed by atoms with Gasteiger partial charge in [-0.1, -0.05) is 23.2 Å². The lowest BCUT2D eigenvalue weighted by Gasteiger charge is -2.32. The molecule has 0 unspecified atom stereocenters. The van der Waals surface area contributed by atoms with Crippen molar-refractivity contribution < 1.29 is 18.0 Å². The number of hydrogen-bond acceptors (Lipinski definition) is 5. The van der Waals surface area contributed by atoms with E-state index < -0.39 is 9.84 Å². The Hall–Kier alpha value is -3.11. The van der Waals surface area contributed by atoms with Gasteiger partial charge in [0.15, 0.2) is 9.84 Å². The molecule has 0 spiro atoms. The van der Waals surface area contributed by atoms with Gasteiger partial charge in [0.25, 0.3) is 11.8 Å². The van der Waals surface area contributed by atoms with Crippen LogP contribution in [0.15, 0.2) is 41.3 Å². The molecule has 5 rings (SSSR count). The van der Waals surface area contributed by atoms with Crippen molar-refractivity contribution in [2.45, 2.75) is 24.5 Å². The number of aromatic nitrogens is 1. The normalized spacial score (nSPS) is 17.0. The molecule has 2 N–H and O–H groups in total. The fourth-order valence-electron chi connectivity index (χ4n) is 5.05. The second kappa shape index (κ2) is 10.5. The highest BCUT2D eigenvalue weighted by atomic mass is 35.5. The van der Waals surface area contributed by atoms with E-state index >= 15 is 0 Å². The SMILES string of the molecule is Cc1[nH]c(C=C2C(=O)Nc3ccc(S(=O)(=O)Cc4cc(Cl)cc(Cl)c4)cc32)c(C)c1C(=O)N1CCN(C)CC1. The molecule has 39 heavy (non-hydrogen) atoms. The largest absolute Gasteiger partial charge is 0.358 e. The van der Waals surface area contributed by atoms with Crippen LogP contribution in [-0.4, -0.2) is 68.2 Å². The molecular weight excluding hydrogens is 559 g/mol. The number of anilines is 1. The van der Waals surface area contributed by atoms with Gasteiger partial charge in [0.05, 0.1) is 21.8 Å². The van der Waals surface area contributed by atoms with E-state index in [2.05, 4.69) is 15.2 Å². The van der Waals surface area contributed by atoms with Gasteiger partial charge in [-0.05, 0) is 74.5 Å². The van der Waals surface area contributed by atoms with Crippen LogP contribution >= 0.6 is 23.2 Å². The average molecular weight is 588 g/mol. The van der Waals surface area contributed by atoms with E-state index in [0.717, 1.165) is 24.3 Å². The van der Waals surface area contributed by atoms with Gasteiger partial charge in [0.1, 0.15) is 0 Å². The number of likely N-dealkylation sites (N-methyl/N-ethyl adjacent to an activating group) is 1. The average Bonchev–Trinajstić information content (AvgIpc) is 3.32. The van der Waals surface area contributed by atoms with Crippen molar-refractivity contribution in [2.75, 3.05) is 38.5 Å². The summed E-state index contributed by atoms with van der Waals surface area (Å²) in [5.74, 6) is -0.677. The van der Waals surface area contributed by atoms with E-state index in [-0.39, 0.29) is 22.5 Å².